The summed E-state index contributed by atoms with van der Waals surface area (Å²) in [5, 5.41) is 4.60. The number of fused-ring (bicyclic) bond motifs is 2. The van der Waals surface area contributed by atoms with Crippen molar-refractivity contribution in [3.05, 3.63) is 90.9 Å². The second-order valence-corrected chi connectivity index (χ2v) is 10.0. The van der Waals surface area contributed by atoms with Crippen LogP contribution in [0, 0.1) is 0 Å². The van der Waals surface area contributed by atoms with E-state index >= 15 is 0 Å². The monoisotopic (exact) mass is 523 g/mol. The van der Waals surface area contributed by atoms with Gasteiger partial charge in [0.1, 0.15) is 12.4 Å². The van der Waals surface area contributed by atoms with Crippen LogP contribution < -0.4 is 11.1 Å². The molecule has 0 radical (unpaired) electrons. The lowest BCUT2D eigenvalue weighted by molar-refractivity contribution is -0.142. The summed E-state index contributed by atoms with van der Waals surface area (Å²) in [7, 11) is 1.34. The average molecular weight is 524 g/mol. The second-order valence-electron chi connectivity index (χ2n) is 9.00. The molecule has 10 heteroatoms. The van der Waals surface area contributed by atoms with Crippen molar-refractivity contribution in [1.82, 2.24) is 24.5 Å². The maximum Gasteiger partial charge on any atom is 0.323 e. The van der Waals surface area contributed by atoms with E-state index in [0.29, 0.717) is 13.0 Å². The van der Waals surface area contributed by atoms with Gasteiger partial charge >= 0.3 is 5.97 Å². The van der Waals surface area contributed by atoms with E-state index in [4.69, 9.17) is 10.5 Å². The number of nitrogens with zero attached hydrogens (tertiary/aromatic N) is 4. The fourth-order valence-corrected chi connectivity index (χ4v) is 5.51. The number of nitrogens with one attached hydrogen (secondary N) is 2. The van der Waals surface area contributed by atoms with Crippen molar-refractivity contribution in [3.63, 3.8) is 0 Å². The smallest absolute Gasteiger partial charge is 0.323 e. The van der Waals surface area contributed by atoms with Gasteiger partial charge in [0, 0.05) is 52.5 Å². The minimum atomic E-state index is -0.718. The fraction of sp³-hybridized carbons (Fsp3) is 0.143. The third-order valence-corrected chi connectivity index (χ3v) is 7.63. The van der Waals surface area contributed by atoms with Crippen LogP contribution in [-0.2, 0) is 22.5 Å². The lowest BCUT2D eigenvalue weighted by atomic mass is 10.1. The Bertz CT molecular complexity index is 1740. The Morgan fingerprint density at radius 2 is 2.03 bits per heavy atom. The first-order valence-corrected chi connectivity index (χ1v) is 12.9. The number of ether oxygens (including phenoxy) is 1. The summed E-state index contributed by atoms with van der Waals surface area (Å²) in [5.74, 6) is 0.353. The van der Waals surface area contributed by atoms with E-state index in [1.165, 1.54) is 7.11 Å². The molecule has 0 aliphatic rings. The molecule has 38 heavy (non-hydrogen) atoms. The first kappa shape index (κ1) is 23.8. The summed E-state index contributed by atoms with van der Waals surface area (Å²) in [6, 6.07) is 18.0. The topological polar surface area (TPSA) is 124 Å². The lowest BCUT2D eigenvalue weighted by Gasteiger charge is -2.12. The molecule has 0 aliphatic carbocycles. The maximum atomic E-state index is 11.7. The number of esters is 1. The van der Waals surface area contributed by atoms with Crippen molar-refractivity contribution >= 4 is 49.9 Å². The van der Waals surface area contributed by atoms with E-state index in [2.05, 4.69) is 67.7 Å². The fourth-order valence-electron chi connectivity index (χ4n) is 4.45. The van der Waals surface area contributed by atoms with Crippen molar-refractivity contribution in [2.45, 2.75) is 19.0 Å². The maximum absolute atomic E-state index is 11.7. The molecule has 0 fully saturated rings. The number of aromatic nitrogens is 5. The van der Waals surface area contributed by atoms with Gasteiger partial charge in [-0.05, 0) is 41.5 Å². The van der Waals surface area contributed by atoms with E-state index < -0.39 is 12.0 Å². The molecule has 4 N–H and O–H groups in total. The normalized spacial score (nSPS) is 12.2. The van der Waals surface area contributed by atoms with Gasteiger partial charge in [0.15, 0.2) is 5.82 Å². The van der Waals surface area contributed by atoms with Gasteiger partial charge in [0.05, 0.1) is 23.7 Å². The molecule has 0 aliphatic heterocycles. The second kappa shape index (κ2) is 10.1. The molecule has 1 atom stereocenters. The number of carbonyl (C=O) groups is 1. The highest BCUT2D eigenvalue weighted by Gasteiger charge is 2.17. The zero-order chi connectivity index (χ0) is 26.1. The largest absolute Gasteiger partial charge is 0.468 e. The predicted molar refractivity (Wildman–Crippen MR) is 149 cm³/mol. The first-order chi connectivity index (χ1) is 18.6. The van der Waals surface area contributed by atoms with Crippen molar-refractivity contribution in [2.24, 2.45) is 5.73 Å². The number of rotatable bonds is 8. The molecular formula is C28H25N7O2S. The van der Waals surface area contributed by atoms with Crippen LogP contribution in [0.2, 0.25) is 0 Å². The summed E-state index contributed by atoms with van der Waals surface area (Å²) in [4.78, 5) is 29.3. The molecule has 0 saturated heterocycles. The summed E-state index contributed by atoms with van der Waals surface area (Å²) in [5.41, 5.74) is 12.0. The molecule has 6 rings (SSSR count). The van der Waals surface area contributed by atoms with Crippen LogP contribution in [0.3, 0.4) is 0 Å². The molecule has 4 aromatic heterocycles. The lowest BCUT2D eigenvalue weighted by Crippen LogP contribution is -2.34. The molecule has 0 spiro atoms. The first-order valence-electron chi connectivity index (χ1n) is 12.1. The van der Waals surface area contributed by atoms with Crippen LogP contribution in [0.1, 0.15) is 11.3 Å². The molecule has 9 nitrogen and oxygen atoms in total. The zero-order valence-electron chi connectivity index (χ0n) is 20.6. The number of imidazole rings is 1. The molecule has 6 aromatic rings. The highest BCUT2D eigenvalue weighted by atomic mass is 32.1. The number of methoxy groups -OCH3 is 1. The van der Waals surface area contributed by atoms with Gasteiger partial charge < -0.3 is 25.3 Å². The number of anilines is 2. The minimum Gasteiger partial charge on any atom is -0.468 e. The summed E-state index contributed by atoms with van der Waals surface area (Å²) in [6.07, 6.45) is 7.37. The van der Waals surface area contributed by atoms with Crippen LogP contribution in [-0.4, -0.2) is 43.6 Å². The van der Waals surface area contributed by atoms with Gasteiger partial charge in [-0.2, -0.15) is 0 Å². The van der Waals surface area contributed by atoms with Crippen LogP contribution in [0.25, 0.3) is 31.6 Å². The third-order valence-electron chi connectivity index (χ3n) is 6.45. The van der Waals surface area contributed by atoms with Crippen LogP contribution in [0.15, 0.2) is 79.6 Å². The van der Waals surface area contributed by atoms with E-state index in [0.717, 1.165) is 54.3 Å². The summed E-state index contributed by atoms with van der Waals surface area (Å²) in [6.45, 7) is 0.626. The van der Waals surface area contributed by atoms with E-state index in [1.54, 1.807) is 30.2 Å². The highest BCUT2D eigenvalue weighted by Crippen LogP contribution is 2.37. The molecule has 4 heterocycles. The number of benzene rings is 2. The minimum absolute atomic E-state index is 0.364. The number of aromatic amines is 1. The van der Waals surface area contributed by atoms with Gasteiger partial charge in [0.25, 0.3) is 0 Å². The number of nitrogens with two attached hydrogens (primary N) is 1. The van der Waals surface area contributed by atoms with E-state index in [9.17, 15) is 4.79 Å². The Hall–Kier alpha value is -4.54. The summed E-state index contributed by atoms with van der Waals surface area (Å²) < 4.78 is 7.74. The van der Waals surface area contributed by atoms with Gasteiger partial charge in [-0.25, -0.2) is 15.0 Å². The van der Waals surface area contributed by atoms with Crippen LogP contribution in [0.5, 0.6) is 0 Å². The Labute approximate surface area is 222 Å². The van der Waals surface area contributed by atoms with Crippen LogP contribution >= 0.6 is 11.3 Å². The van der Waals surface area contributed by atoms with Gasteiger partial charge in [0.2, 0.25) is 0 Å². The molecule has 0 amide bonds. The number of carbonyl (C=O) groups excluding carboxylic acids is 1. The highest BCUT2D eigenvalue weighted by molar-refractivity contribution is 7.22. The Morgan fingerprint density at radius 1 is 1.16 bits per heavy atom. The average Bonchev–Trinajstić information content (AvgIpc) is 3.69. The van der Waals surface area contributed by atoms with Crippen LogP contribution in [0.4, 0.5) is 11.5 Å². The predicted octanol–water partition coefficient (Wildman–Crippen LogP) is 4.87. The van der Waals surface area contributed by atoms with Crippen molar-refractivity contribution in [2.75, 3.05) is 12.4 Å². The van der Waals surface area contributed by atoms with Crippen molar-refractivity contribution in [1.29, 1.82) is 0 Å². The number of H-pyrrole nitrogens is 1. The summed E-state index contributed by atoms with van der Waals surface area (Å²) >= 11 is 1.66. The van der Waals surface area contributed by atoms with Gasteiger partial charge in [-0.3, -0.25) is 4.79 Å². The van der Waals surface area contributed by atoms with Crippen molar-refractivity contribution < 1.29 is 9.53 Å². The number of hydrogen-bond donors (Lipinski definition) is 3. The molecule has 190 valence electrons. The zero-order valence-corrected chi connectivity index (χ0v) is 21.4. The quantitative estimate of drug-likeness (QED) is 0.243. The van der Waals surface area contributed by atoms with E-state index in [-0.39, 0.29) is 0 Å². The Balaban J connectivity index is 1.20. The third kappa shape index (κ3) is 4.74. The molecular weight excluding hydrogens is 498 g/mol. The molecule has 1 unspecified atom stereocenters. The van der Waals surface area contributed by atoms with Crippen molar-refractivity contribution in [3.8, 4) is 10.4 Å². The van der Waals surface area contributed by atoms with E-state index in [1.807, 2.05) is 22.9 Å². The number of thiophene rings is 1. The molecule has 2 aromatic carbocycles. The standard InChI is InChI=1S/C28H25N7O2S/c1-37-28(36)22(29)11-21-13-30-16-35(21)14-17-2-4-18(5-3-17)25-12-24-26(38-25)27(33-15-32-24)34-20-6-7-23-19(10-20)8-9-31-23/h2-10,12-13,15-16,22,31H,11,14,29H2,1H3,(H,32,33,34). The Morgan fingerprint density at radius 3 is 2.87 bits per heavy atom. The van der Waals surface area contributed by atoms with Gasteiger partial charge in [-0.15, -0.1) is 11.3 Å². The Kier molecular flexibility index (Phi) is 6.32. The number of hydrogen-bond acceptors (Lipinski definition) is 8. The van der Waals surface area contributed by atoms with Gasteiger partial charge in [-0.1, -0.05) is 24.3 Å². The molecule has 0 saturated carbocycles. The molecule has 0 bridgehead atoms. The SMILES string of the molecule is COC(=O)C(N)Cc1cncn1Cc1ccc(-c2cc3ncnc(Nc4ccc5[nH]ccc5c4)c3s2)cc1.